The highest BCUT2D eigenvalue weighted by atomic mass is 19.1. The quantitative estimate of drug-likeness (QED) is 0.467. The summed E-state index contributed by atoms with van der Waals surface area (Å²) in [6.07, 6.45) is 0. The van der Waals surface area contributed by atoms with Crippen LogP contribution in [0.3, 0.4) is 0 Å². The molecule has 0 bridgehead atoms. The van der Waals surface area contributed by atoms with Crippen LogP contribution in [-0.4, -0.2) is 21.7 Å². The van der Waals surface area contributed by atoms with Gasteiger partial charge in [0.25, 0.3) is 5.89 Å². The van der Waals surface area contributed by atoms with Crippen molar-refractivity contribution in [1.29, 1.82) is 0 Å². The Morgan fingerprint density at radius 2 is 2.00 bits per heavy atom. The molecular formula is C17H14FN3O5. The minimum absolute atomic E-state index is 0.0878. The van der Waals surface area contributed by atoms with Gasteiger partial charge in [-0.15, -0.1) is 0 Å². The fourth-order valence-corrected chi connectivity index (χ4v) is 2.25. The van der Waals surface area contributed by atoms with Gasteiger partial charge >= 0.3 is 5.69 Å². The highest BCUT2D eigenvalue weighted by molar-refractivity contribution is 5.63. The minimum Gasteiger partial charge on any atom is -0.493 e. The molecule has 134 valence electrons. The van der Waals surface area contributed by atoms with Crippen LogP contribution in [0.25, 0.3) is 11.4 Å². The van der Waals surface area contributed by atoms with E-state index in [1.165, 1.54) is 0 Å². The maximum absolute atomic E-state index is 13.3. The van der Waals surface area contributed by atoms with Gasteiger partial charge in [-0.05, 0) is 25.1 Å². The van der Waals surface area contributed by atoms with Crippen LogP contribution in [0.1, 0.15) is 12.8 Å². The van der Waals surface area contributed by atoms with E-state index in [0.29, 0.717) is 23.7 Å². The maximum Gasteiger partial charge on any atom is 0.311 e. The largest absolute Gasteiger partial charge is 0.493 e. The molecule has 3 rings (SSSR count). The molecule has 0 unspecified atom stereocenters. The van der Waals surface area contributed by atoms with E-state index < -0.39 is 10.7 Å². The highest BCUT2D eigenvalue weighted by Crippen LogP contribution is 2.29. The number of hydrogen-bond acceptors (Lipinski definition) is 7. The Hall–Kier alpha value is -3.49. The van der Waals surface area contributed by atoms with Gasteiger partial charge in [0, 0.05) is 12.1 Å². The van der Waals surface area contributed by atoms with Gasteiger partial charge in [0.05, 0.1) is 17.1 Å². The Morgan fingerprint density at radius 1 is 1.19 bits per heavy atom. The molecule has 0 fully saturated rings. The molecule has 0 aliphatic rings. The molecule has 8 nitrogen and oxygen atoms in total. The average molecular weight is 359 g/mol. The summed E-state index contributed by atoms with van der Waals surface area (Å²) in [5.74, 6) is 0.113. The second-order valence-corrected chi connectivity index (χ2v) is 5.10. The number of benzene rings is 2. The third kappa shape index (κ3) is 3.77. The van der Waals surface area contributed by atoms with Gasteiger partial charge in [-0.1, -0.05) is 17.3 Å². The van der Waals surface area contributed by atoms with Gasteiger partial charge in [0.2, 0.25) is 11.6 Å². The van der Waals surface area contributed by atoms with Crippen molar-refractivity contribution in [1.82, 2.24) is 10.1 Å². The van der Waals surface area contributed by atoms with Gasteiger partial charge in [-0.25, -0.2) is 4.39 Å². The molecule has 0 amide bonds. The first-order chi connectivity index (χ1) is 12.6. The fraction of sp³-hybridized carbons (Fsp3) is 0.176. The fourth-order valence-electron chi connectivity index (χ4n) is 2.25. The van der Waals surface area contributed by atoms with E-state index in [9.17, 15) is 14.5 Å². The average Bonchev–Trinajstić information content (AvgIpc) is 3.09. The van der Waals surface area contributed by atoms with Crippen molar-refractivity contribution >= 4 is 5.69 Å². The van der Waals surface area contributed by atoms with E-state index in [4.69, 9.17) is 14.0 Å². The molecule has 1 aromatic heterocycles. The number of hydrogen-bond donors (Lipinski definition) is 0. The molecule has 9 heteroatoms. The molecule has 0 saturated carbocycles. The first-order valence-electron chi connectivity index (χ1n) is 7.70. The summed E-state index contributed by atoms with van der Waals surface area (Å²) in [4.78, 5) is 14.5. The Labute approximate surface area is 147 Å². The molecule has 0 aliphatic heterocycles. The summed E-state index contributed by atoms with van der Waals surface area (Å²) < 4.78 is 29.2. The lowest BCUT2D eigenvalue weighted by atomic mass is 10.2. The molecule has 0 saturated heterocycles. The molecule has 0 radical (unpaired) electrons. The number of nitrogens with zero attached hydrogens (tertiary/aromatic N) is 3. The standard InChI is InChI=1S/C17H14FN3O5/c1-2-24-14-6-4-3-5-12(14)17-19-16(26-20-17)10-25-15-9-11(18)7-8-13(15)21(22)23/h3-9H,2,10H2,1H3. The lowest BCUT2D eigenvalue weighted by molar-refractivity contribution is -0.386. The monoisotopic (exact) mass is 359 g/mol. The second-order valence-electron chi connectivity index (χ2n) is 5.10. The zero-order valence-electron chi connectivity index (χ0n) is 13.7. The van der Waals surface area contributed by atoms with Gasteiger partial charge in [0.1, 0.15) is 11.6 Å². The van der Waals surface area contributed by atoms with E-state index in [1.807, 2.05) is 13.0 Å². The highest BCUT2D eigenvalue weighted by Gasteiger charge is 2.18. The van der Waals surface area contributed by atoms with Gasteiger partial charge in [0.15, 0.2) is 6.61 Å². The summed E-state index contributed by atoms with van der Waals surface area (Å²) in [7, 11) is 0. The maximum atomic E-state index is 13.3. The van der Waals surface area contributed by atoms with Crippen molar-refractivity contribution in [3.05, 3.63) is 64.3 Å². The summed E-state index contributed by atoms with van der Waals surface area (Å²) in [5, 5.41) is 14.8. The van der Waals surface area contributed by atoms with Crippen LogP contribution in [0.2, 0.25) is 0 Å². The molecule has 3 aromatic rings. The lowest BCUT2D eigenvalue weighted by Gasteiger charge is -2.06. The van der Waals surface area contributed by atoms with Crippen LogP contribution in [0.5, 0.6) is 11.5 Å². The molecule has 0 spiro atoms. The number of rotatable bonds is 7. The molecule has 1 heterocycles. The van der Waals surface area contributed by atoms with Crippen LogP contribution in [0.15, 0.2) is 47.0 Å². The number of nitro benzene ring substituents is 1. The lowest BCUT2D eigenvalue weighted by Crippen LogP contribution is -2.00. The van der Waals surface area contributed by atoms with Crippen LogP contribution < -0.4 is 9.47 Å². The van der Waals surface area contributed by atoms with Crippen molar-refractivity contribution in [3.8, 4) is 22.9 Å². The molecule has 0 aliphatic carbocycles. The summed E-state index contributed by atoms with van der Waals surface area (Å²) in [6, 6.07) is 10.1. The Morgan fingerprint density at radius 3 is 2.77 bits per heavy atom. The van der Waals surface area contributed by atoms with Crippen molar-refractivity contribution in [2.24, 2.45) is 0 Å². The number of aromatic nitrogens is 2. The first kappa shape index (κ1) is 17.3. The first-order valence-corrected chi connectivity index (χ1v) is 7.70. The Balaban J connectivity index is 1.78. The zero-order valence-corrected chi connectivity index (χ0v) is 13.7. The Kier molecular flexibility index (Phi) is 5.07. The van der Waals surface area contributed by atoms with Gasteiger partial charge in [-0.3, -0.25) is 10.1 Å². The molecule has 0 N–H and O–H groups in total. The van der Waals surface area contributed by atoms with Crippen molar-refractivity contribution < 1.29 is 23.3 Å². The zero-order chi connectivity index (χ0) is 18.5. The van der Waals surface area contributed by atoms with Crippen molar-refractivity contribution in [2.75, 3.05) is 6.61 Å². The van der Waals surface area contributed by atoms with Crippen LogP contribution in [0, 0.1) is 15.9 Å². The molecular weight excluding hydrogens is 345 g/mol. The smallest absolute Gasteiger partial charge is 0.311 e. The van der Waals surface area contributed by atoms with E-state index in [2.05, 4.69) is 10.1 Å². The number of nitro groups is 1. The molecule has 0 atom stereocenters. The third-order valence-electron chi connectivity index (χ3n) is 3.37. The van der Waals surface area contributed by atoms with Crippen LogP contribution >= 0.6 is 0 Å². The topological polar surface area (TPSA) is 101 Å². The minimum atomic E-state index is -0.660. The van der Waals surface area contributed by atoms with Gasteiger partial charge in [-0.2, -0.15) is 4.98 Å². The SMILES string of the molecule is CCOc1ccccc1-c1noc(COc2cc(F)ccc2[N+](=O)[O-])n1. The van der Waals surface area contributed by atoms with Crippen molar-refractivity contribution in [3.63, 3.8) is 0 Å². The van der Waals surface area contributed by atoms with E-state index in [-0.39, 0.29) is 23.9 Å². The number of halogens is 1. The van der Waals surface area contributed by atoms with Crippen LogP contribution in [0.4, 0.5) is 10.1 Å². The molecule has 2 aromatic carbocycles. The Bertz CT molecular complexity index is 928. The summed E-state index contributed by atoms with van der Waals surface area (Å²) in [6.45, 7) is 2.10. The molecule has 26 heavy (non-hydrogen) atoms. The van der Waals surface area contributed by atoms with Crippen LogP contribution in [-0.2, 0) is 6.61 Å². The number of para-hydroxylation sites is 1. The predicted octanol–water partition coefficient (Wildman–Crippen LogP) is 3.76. The second kappa shape index (κ2) is 7.60. The van der Waals surface area contributed by atoms with E-state index in [0.717, 1.165) is 18.2 Å². The number of ether oxygens (including phenoxy) is 2. The third-order valence-corrected chi connectivity index (χ3v) is 3.37. The van der Waals surface area contributed by atoms with Crippen molar-refractivity contribution in [2.45, 2.75) is 13.5 Å². The summed E-state index contributed by atoms with van der Waals surface area (Å²) in [5.41, 5.74) is 0.286. The normalized spacial score (nSPS) is 10.5. The van der Waals surface area contributed by atoms with Gasteiger partial charge < -0.3 is 14.0 Å². The van der Waals surface area contributed by atoms with E-state index in [1.54, 1.807) is 18.2 Å². The van der Waals surface area contributed by atoms with E-state index >= 15 is 0 Å². The summed E-state index contributed by atoms with van der Waals surface area (Å²) >= 11 is 0. The predicted molar refractivity (Wildman–Crippen MR) is 88.3 cm³/mol.